The second-order valence-corrected chi connectivity index (χ2v) is 5.22. The summed E-state index contributed by atoms with van der Waals surface area (Å²) in [5.41, 5.74) is 0. The number of carbonyl (C=O) groups is 1. The van der Waals surface area contributed by atoms with Crippen LogP contribution in [0.1, 0.15) is 32.6 Å². The van der Waals surface area contributed by atoms with E-state index in [1.165, 1.54) is 0 Å². The molecule has 0 aromatic carbocycles. The van der Waals surface area contributed by atoms with Crippen molar-refractivity contribution in [1.29, 1.82) is 0 Å². The summed E-state index contributed by atoms with van der Waals surface area (Å²) in [5.74, 6) is 0.169. The van der Waals surface area contributed by atoms with Crippen LogP contribution in [-0.2, 0) is 4.79 Å². The van der Waals surface area contributed by atoms with Crippen LogP contribution in [-0.4, -0.2) is 29.4 Å². The monoisotopic (exact) mass is 216 g/mol. The molecule has 0 aromatic heterocycles. The van der Waals surface area contributed by atoms with E-state index in [0.717, 1.165) is 25.8 Å². The van der Waals surface area contributed by atoms with E-state index in [1.54, 1.807) is 0 Å². The zero-order chi connectivity index (χ0) is 10.2. The summed E-state index contributed by atoms with van der Waals surface area (Å²) >= 11 is 6.29. The molecule has 1 heterocycles. The predicted molar refractivity (Wildman–Crippen MR) is 56.4 cm³/mol. The van der Waals surface area contributed by atoms with Gasteiger partial charge in [0.05, 0.1) is 4.87 Å². The van der Waals surface area contributed by atoms with Crippen LogP contribution in [0.4, 0.5) is 0 Å². The molecule has 1 amide bonds. The van der Waals surface area contributed by atoms with Gasteiger partial charge in [-0.3, -0.25) is 4.79 Å². The Balaban J connectivity index is 1.77. The molecule has 2 aliphatic rings. The Morgan fingerprint density at radius 1 is 1.64 bits per heavy atom. The van der Waals surface area contributed by atoms with Crippen molar-refractivity contribution >= 4 is 17.5 Å². The minimum atomic E-state index is 0.00144. The minimum Gasteiger partial charge on any atom is -0.355 e. The zero-order valence-corrected chi connectivity index (χ0v) is 9.23. The average molecular weight is 217 g/mol. The summed E-state index contributed by atoms with van der Waals surface area (Å²) in [7, 11) is 0. The lowest BCUT2D eigenvalue weighted by atomic mass is 10.0. The maximum atomic E-state index is 10.9. The number of nitrogens with one attached hydrogen (secondary N) is 2. The van der Waals surface area contributed by atoms with Crippen LogP contribution in [0.3, 0.4) is 0 Å². The van der Waals surface area contributed by atoms with Crippen molar-refractivity contribution in [3.63, 3.8) is 0 Å². The minimum absolute atomic E-state index is 0.00144. The topological polar surface area (TPSA) is 41.1 Å². The second-order valence-electron chi connectivity index (χ2n) is 4.46. The van der Waals surface area contributed by atoms with Crippen LogP contribution in [0.15, 0.2) is 0 Å². The Morgan fingerprint density at radius 2 is 2.36 bits per heavy atom. The lowest BCUT2D eigenvalue weighted by Gasteiger charge is -2.29. The normalized spacial score (nSPS) is 32.1. The van der Waals surface area contributed by atoms with E-state index >= 15 is 0 Å². The first kappa shape index (κ1) is 10.2. The van der Waals surface area contributed by atoms with Crippen molar-refractivity contribution in [1.82, 2.24) is 10.6 Å². The van der Waals surface area contributed by atoms with Crippen molar-refractivity contribution in [3.8, 4) is 0 Å². The van der Waals surface area contributed by atoms with Gasteiger partial charge in [0.25, 0.3) is 0 Å². The van der Waals surface area contributed by atoms with Crippen molar-refractivity contribution in [3.05, 3.63) is 0 Å². The number of hydrogen-bond donors (Lipinski definition) is 2. The first-order valence-corrected chi connectivity index (χ1v) is 5.70. The highest BCUT2D eigenvalue weighted by Crippen LogP contribution is 2.45. The van der Waals surface area contributed by atoms with Gasteiger partial charge in [-0.1, -0.05) is 0 Å². The molecule has 2 fully saturated rings. The van der Waals surface area contributed by atoms with Crippen LogP contribution in [0, 0.1) is 0 Å². The Hall–Kier alpha value is -0.280. The third-order valence-electron chi connectivity index (χ3n) is 3.25. The number of piperidine rings is 1. The molecule has 2 N–H and O–H groups in total. The lowest BCUT2D eigenvalue weighted by molar-refractivity contribution is -0.122. The summed E-state index contributed by atoms with van der Waals surface area (Å²) in [6, 6.07) is 0.753. The third kappa shape index (κ3) is 2.20. The van der Waals surface area contributed by atoms with Crippen LogP contribution >= 0.6 is 11.6 Å². The van der Waals surface area contributed by atoms with Gasteiger partial charge in [0.1, 0.15) is 0 Å². The summed E-state index contributed by atoms with van der Waals surface area (Å²) in [5, 5.41) is 6.36. The molecule has 2 atom stereocenters. The van der Waals surface area contributed by atoms with Gasteiger partial charge in [0.2, 0.25) is 5.91 Å². The first-order chi connectivity index (χ1) is 6.60. The van der Waals surface area contributed by atoms with Crippen LogP contribution in [0.2, 0.25) is 0 Å². The largest absolute Gasteiger partial charge is 0.355 e. The van der Waals surface area contributed by atoms with Gasteiger partial charge in [-0.15, -0.1) is 11.6 Å². The van der Waals surface area contributed by atoms with E-state index in [1.807, 2.05) is 0 Å². The number of hydrogen-bond acceptors (Lipinski definition) is 2. The van der Waals surface area contributed by atoms with Crippen molar-refractivity contribution < 1.29 is 4.79 Å². The number of alkyl halides is 1. The highest BCUT2D eigenvalue weighted by Gasteiger charge is 2.46. The highest BCUT2D eigenvalue weighted by atomic mass is 35.5. The molecule has 1 aliphatic heterocycles. The molecule has 1 aliphatic carbocycles. The summed E-state index contributed by atoms with van der Waals surface area (Å²) < 4.78 is 0. The average Bonchev–Trinajstić information content (AvgIpc) is 2.89. The molecule has 4 heteroatoms. The van der Waals surface area contributed by atoms with Gasteiger partial charge in [-0.25, -0.2) is 0 Å². The summed E-state index contributed by atoms with van der Waals surface area (Å²) in [6.45, 7) is 2.88. The van der Waals surface area contributed by atoms with Crippen LogP contribution in [0.25, 0.3) is 0 Å². The van der Waals surface area contributed by atoms with Crippen molar-refractivity contribution in [2.45, 2.75) is 49.6 Å². The Labute approximate surface area is 89.6 Å². The predicted octanol–water partition coefficient (Wildman–Crippen LogP) is 1.01. The molecule has 0 radical (unpaired) electrons. The van der Waals surface area contributed by atoms with Gasteiger partial charge in [-0.05, 0) is 26.2 Å². The molecule has 1 saturated carbocycles. The lowest BCUT2D eigenvalue weighted by Crippen LogP contribution is -2.51. The SMILES string of the molecule is CC(NC1CCC(=O)NC1)C1(Cl)CC1. The van der Waals surface area contributed by atoms with Crippen molar-refractivity contribution in [2.24, 2.45) is 0 Å². The van der Waals surface area contributed by atoms with E-state index < -0.39 is 0 Å². The standard InChI is InChI=1S/C10H17ClN2O/c1-7(10(11)4-5-10)13-8-2-3-9(14)12-6-8/h7-8,13H,2-6H2,1H3,(H,12,14). The van der Waals surface area contributed by atoms with E-state index in [9.17, 15) is 4.79 Å². The highest BCUT2D eigenvalue weighted by molar-refractivity contribution is 6.26. The van der Waals surface area contributed by atoms with E-state index in [0.29, 0.717) is 18.5 Å². The van der Waals surface area contributed by atoms with Crippen LogP contribution < -0.4 is 10.6 Å². The van der Waals surface area contributed by atoms with E-state index in [-0.39, 0.29) is 10.8 Å². The molecule has 0 bridgehead atoms. The number of halogens is 1. The zero-order valence-electron chi connectivity index (χ0n) is 8.48. The Morgan fingerprint density at radius 3 is 2.86 bits per heavy atom. The Kier molecular flexibility index (Phi) is 2.71. The van der Waals surface area contributed by atoms with E-state index in [2.05, 4.69) is 17.6 Å². The fraction of sp³-hybridized carbons (Fsp3) is 0.900. The third-order valence-corrected chi connectivity index (χ3v) is 3.96. The van der Waals surface area contributed by atoms with Gasteiger partial charge in [0, 0.05) is 25.0 Å². The molecule has 3 nitrogen and oxygen atoms in total. The van der Waals surface area contributed by atoms with Gasteiger partial charge < -0.3 is 10.6 Å². The number of carbonyl (C=O) groups excluding carboxylic acids is 1. The molecule has 14 heavy (non-hydrogen) atoms. The second kappa shape index (κ2) is 3.70. The fourth-order valence-electron chi connectivity index (χ4n) is 1.93. The molecule has 1 saturated heterocycles. The summed E-state index contributed by atoms with van der Waals surface area (Å²) in [4.78, 5) is 10.9. The van der Waals surface area contributed by atoms with E-state index in [4.69, 9.17) is 11.6 Å². The maximum Gasteiger partial charge on any atom is 0.220 e. The number of rotatable bonds is 3. The molecule has 80 valence electrons. The quantitative estimate of drug-likeness (QED) is 0.692. The smallest absolute Gasteiger partial charge is 0.220 e. The Bertz CT molecular complexity index is 230. The molecule has 0 aromatic rings. The first-order valence-electron chi connectivity index (χ1n) is 5.32. The van der Waals surface area contributed by atoms with Gasteiger partial charge >= 0.3 is 0 Å². The maximum absolute atomic E-state index is 10.9. The molecular formula is C10H17ClN2O. The number of amides is 1. The van der Waals surface area contributed by atoms with Crippen LogP contribution in [0.5, 0.6) is 0 Å². The molecule has 0 spiro atoms. The van der Waals surface area contributed by atoms with Crippen molar-refractivity contribution in [2.75, 3.05) is 6.54 Å². The molecule has 2 rings (SSSR count). The molecule has 2 unspecified atom stereocenters. The summed E-state index contributed by atoms with van der Waals surface area (Å²) in [6.07, 6.45) is 3.80. The van der Waals surface area contributed by atoms with Gasteiger partial charge in [0.15, 0.2) is 0 Å². The fourth-order valence-corrected chi connectivity index (χ4v) is 2.09. The molecular weight excluding hydrogens is 200 g/mol. The van der Waals surface area contributed by atoms with Gasteiger partial charge in [-0.2, -0.15) is 0 Å².